The van der Waals surface area contributed by atoms with E-state index >= 15 is 0 Å². The van der Waals surface area contributed by atoms with Crippen molar-refractivity contribution in [1.82, 2.24) is 5.48 Å². The number of carbonyl (C=O) groups excluding carboxylic acids is 1. The number of thioether (sulfide) groups is 1. The Bertz CT molecular complexity index is 281. The maximum atomic E-state index is 11.0. The standard InChI is InChI=1S/C9H16N2O4S/c1-4-5-14-11-8(12)15-10-7-6-13-9(2,3)16-7/h4-6H2,1-3H3,(H,11,12). The van der Waals surface area contributed by atoms with Gasteiger partial charge in [0.2, 0.25) is 0 Å². The van der Waals surface area contributed by atoms with Crippen molar-refractivity contribution in [2.45, 2.75) is 32.1 Å². The lowest BCUT2D eigenvalue weighted by Crippen LogP contribution is -2.23. The van der Waals surface area contributed by atoms with Gasteiger partial charge in [-0.05, 0) is 20.3 Å². The Kier molecular flexibility index (Phi) is 5.04. The lowest BCUT2D eigenvalue weighted by atomic mass is 10.5. The summed E-state index contributed by atoms with van der Waals surface area (Å²) in [5.74, 6) is 0. The summed E-state index contributed by atoms with van der Waals surface area (Å²) in [6.45, 7) is 6.58. The number of ether oxygens (including phenoxy) is 1. The fourth-order valence-electron chi connectivity index (χ4n) is 0.946. The first-order valence-corrected chi connectivity index (χ1v) is 5.84. The van der Waals surface area contributed by atoms with Crippen LogP contribution in [0.5, 0.6) is 0 Å². The van der Waals surface area contributed by atoms with Gasteiger partial charge in [0.25, 0.3) is 0 Å². The summed E-state index contributed by atoms with van der Waals surface area (Å²) < 4.78 is 5.37. The van der Waals surface area contributed by atoms with Crippen molar-refractivity contribution < 1.29 is 19.2 Å². The largest absolute Gasteiger partial charge is 0.457 e. The number of carbonyl (C=O) groups is 1. The molecule has 0 aromatic heterocycles. The molecule has 1 aliphatic heterocycles. The van der Waals surface area contributed by atoms with Gasteiger partial charge >= 0.3 is 6.09 Å². The molecule has 1 aliphatic rings. The number of nitrogens with one attached hydrogen (secondary N) is 1. The lowest BCUT2D eigenvalue weighted by Gasteiger charge is -2.12. The highest BCUT2D eigenvalue weighted by Gasteiger charge is 2.30. The summed E-state index contributed by atoms with van der Waals surface area (Å²) in [4.78, 5) is 20.1. The molecule has 1 N–H and O–H groups in total. The van der Waals surface area contributed by atoms with Crippen LogP contribution in [0.1, 0.15) is 27.2 Å². The van der Waals surface area contributed by atoms with Gasteiger partial charge in [-0.3, -0.25) is 9.68 Å². The zero-order valence-corrected chi connectivity index (χ0v) is 10.4. The van der Waals surface area contributed by atoms with Gasteiger partial charge < -0.3 is 4.74 Å². The van der Waals surface area contributed by atoms with Crippen molar-refractivity contribution in [2.75, 3.05) is 13.2 Å². The van der Waals surface area contributed by atoms with Crippen LogP contribution < -0.4 is 5.48 Å². The zero-order chi connectivity index (χ0) is 12.0. The maximum Gasteiger partial charge on any atom is 0.457 e. The molecule has 0 aromatic rings. The Morgan fingerprint density at radius 2 is 2.44 bits per heavy atom. The molecule has 1 heterocycles. The smallest absolute Gasteiger partial charge is 0.358 e. The number of nitrogens with zero attached hydrogens (tertiary/aromatic N) is 1. The number of rotatable bonds is 4. The molecule has 1 saturated heterocycles. The highest BCUT2D eigenvalue weighted by atomic mass is 32.2. The second-order valence-electron chi connectivity index (χ2n) is 3.60. The van der Waals surface area contributed by atoms with E-state index in [9.17, 15) is 4.79 Å². The zero-order valence-electron chi connectivity index (χ0n) is 9.61. The molecular weight excluding hydrogens is 232 g/mol. The number of amides is 1. The van der Waals surface area contributed by atoms with Crippen LogP contribution in [0, 0.1) is 0 Å². The van der Waals surface area contributed by atoms with Crippen LogP contribution in [0.2, 0.25) is 0 Å². The number of hydrogen-bond donors (Lipinski definition) is 1. The van der Waals surface area contributed by atoms with Gasteiger partial charge in [0, 0.05) is 0 Å². The van der Waals surface area contributed by atoms with Crippen LogP contribution in [-0.2, 0) is 14.4 Å². The molecule has 16 heavy (non-hydrogen) atoms. The highest BCUT2D eigenvalue weighted by molar-refractivity contribution is 8.15. The average molecular weight is 248 g/mol. The summed E-state index contributed by atoms with van der Waals surface area (Å²) in [6.07, 6.45) is 0.0819. The molecule has 1 rings (SSSR count). The summed E-state index contributed by atoms with van der Waals surface area (Å²) in [6, 6.07) is 0. The predicted molar refractivity (Wildman–Crippen MR) is 60.9 cm³/mol. The normalized spacial score (nSPS) is 21.1. The van der Waals surface area contributed by atoms with Crippen LogP contribution in [0.3, 0.4) is 0 Å². The van der Waals surface area contributed by atoms with Gasteiger partial charge in [-0.2, -0.15) is 5.48 Å². The molecule has 0 aliphatic carbocycles. The van der Waals surface area contributed by atoms with Gasteiger partial charge in [-0.1, -0.05) is 23.8 Å². The fraction of sp³-hybridized carbons (Fsp3) is 0.778. The van der Waals surface area contributed by atoms with Gasteiger partial charge in [-0.25, -0.2) is 4.79 Å². The van der Waals surface area contributed by atoms with E-state index in [0.717, 1.165) is 6.42 Å². The van der Waals surface area contributed by atoms with Crippen LogP contribution in [0.15, 0.2) is 5.16 Å². The van der Waals surface area contributed by atoms with E-state index in [1.807, 2.05) is 20.8 Å². The molecule has 1 fully saturated rings. The van der Waals surface area contributed by atoms with Crippen LogP contribution in [0.25, 0.3) is 0 Å². The summed E-state index contributed by atoms with van der Waals surface area (Å²) in [7, 11) is 0. The first kappa shape index (κ1) is 13.3. The highest BCUT2D eigenvalue weighted by Crippen LogP contribution is 2.33. The predicted octanol–water partition coefficient (Wildman–Crippen LogP) is 1.87. The molecule has 0 radical (unpaired) electrons. The third kappa shape index (κ3) is 4.82. The molecule has 0 aromatic carbocycles. The average Bonchev–Trinajstić information content (AvgIpc) is 2.56. The van der Waals surface area contributed by atoms with Crippen molar-refractivity contribution in [3.63, 3.8) is 0 Å². The molecular formula is C9H16N2O4S. The van der Waals surface area contributed by atoms with E-state index in [1.54, 1.807) is 0 Å². The van der Waals surface area contributed by atoms with Crippen molar-refractivity contribution in [1.29, 1.82) is 0 Å². The first-order valence-electron chi connectivity index (χ1n) is 5.02. The second kappa shape index (κ2) is 6.07. The Hall–Kier alpha value is -0.790. The molecule has 6 nitrogen and oxygen atoms in total. The maximum absolute atomic E-state index is 11.0. The van der Waals surface area contributed by atoms with Gasteiger partial charge in [0.1, 0.15) is 16.6 Å². The molecule has 0 atom stereocenters. The van der Waals surface area contributed by atoms with Crippen molar-refractivity contribution in [3.8, 4) is 0 Å². The molecule has 0 unspecified atom stereocenters. The van der Waals surface area contributed by atoms with E-state index in [1.165, 1.54) is 11.8 Å². The van der Waals surface area contributed by atoms with Crippen molar-refractivity contribution in [2.24, 2.45) is 5.16 Å². The van der Waals surface area contributed by atoms with Crippen molar-refractivity contribution >= 4 is 22.9 Å². The van der Waals surface area contributed by atoms with E-state index in [0.29, 0.717) is 18.3 Å². The summed E-state index contributed by atoms with van der Waals surface area (Å²) >= 11 is 1.42. The minimum absolute atomic E-state index is 0.308. The molecule has 0 bridgehead atoms. The Morgan fingerprint density at radius 3 is 3.00 bits per heavy atom. The molecule has 0 saturated carbocycles. The third-order valence-corrected chi connectivity index (χ3v) is 2.64. The van der Waals surface area contributed by atoms with E-state index in [4.69, 9.17) is 9.57 Å². The Labute approximate surface area is 98.6 Å². The second-order valence-corrected chi connectivity index (χ2v) is 5.26. The quantitative estimate of drug-likeness (QED) is 0.467. The molecule has 7 heteroatoms. The van der Waals surface area contributed by atoms with Crippen LogP contribution in [0.4, 0.5) is 4.79 Å². The van der Waals surface area contributed by atoms with E-state index < -0.39 is 6.09 Å². The van der Waals surface area contributed by atoms with E-state index in [2.05, 4.69) is 15.5 Å². The van der Waals surface area contributed by atoms with Gasteiger partial charge in [0.05, 0.1) is 6.61 Å². The number of oxime groups is 1. The molecule has 92 valence electrons. The number of hydrogen-bond acceptors (Lipinski definition) is 6. The van der Waals surface area contributed by atoms with Crippen LogP contribution in [-0.4, -0.2) is 29.3 Å². The molecule has 1 amide bonds. The minimum Gasteiger partial charge on any atom is -0.358 e. The summed E-state index contributed by atoms with van der Waals surface area (Å²) in [5, 5.41) is 4.29. The Morgan fingerprint density at radius 1 is 1.69 bits per heavy atom. The van der Waals surface area contributed by atoms with Crippen molar-refractivity contribution in [3.05, 3.63) is 0 Å². The lowest BCUT2D eigenvalue weighted by molar-refractivity contribution is 0.0288. The van der Waals surface area contributed by atoms with Gasteiger partial charge in [0.15, 0.2) is 0 Å². The van der Waals surface area contributed by atoms with Crippen LogP contribution >= 0.6 is 11.8 Å². The minimum atomic E-state index is -0.730. The first-order chi connectivity index (χ1) is 7.53. The topological polar surface area (TPSA) is 69.2 Å². The molecule has 0 spiro atoms. The monoisotopic (exact) mass is 248 g/mol. The third-order valence-electron chi connectivity index (χ3n) is 1.60. The SMILES string of the molecule is CCCONC(=O)ON=C1COC(C)(C)S1. The van der Waals surface area contributed by atoms with Gasteiger partial charge in [-0.15, -0.1) is 0 Å². The number of hydroxylamine groups is 1. The summed E-state index contributed by atoms with van der Waals surface area (Å²) in [5.41, 5.74) is 2.11. The Balaban J connectivity index is 2.23. The van der Waals surface area contributed by atoms with E-state index in [-0.39, 0.29) is 4.93 Å². The fourth-order valence-corrected chi connectivity index (χ4v) is 1.82.